The van der Waals surface area contributed by atoms with E-state index in [2.05, 4.69) is 37.8 Å². The molecule has 0 aliphatic carbocycles. The van der Waals surface area contributed by atoms with Gasteiger partial charge in [0.15, 0.2) is 0 Å². The molecule has 0 radical (unpaired) electrons. The standard InChI is InChI=1S/C8H6IN3/c9-7-5-11-12-8(7)6-2-1-3-10-4-6/h1-5H,(H,11,12). The second-order valence-electron chi connectivity index (χ2n) is 2.32. The largest absolute Gasteiger partial charge is 0.284 e. The van der Waals surface area contributed by atoms with Gasteiger partial charge in [0.1, 0.15) is 5.69 Å². The third kappa shape index (κ3) is 1.34. The molecule has 2 heterocycles. The molecule has 4 heteroatoms. The van der Waals surface area contributed by atoms with Crippen LogP contribution < -0.4 is 0 Å². The highest BCUT2D eigenvalue weighted by Crippen LogP contribution is 2.20. The second kappa shape index (κ2) is 3.22. The minimum Gasteiger partial charge on any atom is -0.284 e. The molecule has 0 bridgehead atoms. The molecule has 0 fully saturated rings. The van der Waals surface area contributed by atoms with Crippen molar-refractivity contribution in [3.8, 4) is 11.3 Å². The lowest BCUT2D eigenvalue weighted by molar-refractivity contribution is 1.09. The smallest absolute Gasteiger partial charge is 0.107 e. The molecule has 0 aliphatic rings. The molecule has 2 aromatic rings. The van der Waals surface area contributed by atoms with Crippen LogP contribution in [-0.2, 0) is 0 Å². The summed E-state index contributed by atoms with van der Waals surface area (Å²) in [6.45, 7) is 0. The first kappa shape index (κ1) is 7.72. The zero-order chi connectivity index (χ0) is 8.39. The Morgan fingerprint density at radius 2 is 2.33 bits per heavy atom. The lowest BCUT2D eigenvalue weighted by Crippen LogP contribution is -1.80. The number of hydrogen-bond donors (Lipinski definition) is 1. The fourth-order valence-electron chi connectivity index (χ4n) is 0.981. The van der Waals surface area contributed by atoms with Crippen LogP contribution in [0.3, 0.4) is 0 Å². The summed E-state index contributed by atoms with van der Waals surface area (Å²) in [5, 5.41) is 6.92. The van der Waals surface area contributed by atoms with Crippen LogP contribution >= 0.6 is 22.6 Å². The third-order valence-corrected chi connectivity index (χ3v) is 2.35. The maximum atomic E-state index is 4.11. The maximum absolute atomic E-state index is 4.11. The second-order valence-corrected chi connectivity index (χ2v) is 3.49. The van der Waals surface area contributed by atoms with Crippen molar-refractivity contribution in [2.24, 2.45) is 0 Å². The Morgan fingerprint density at radius 3 is 2.92 bits per heavy atom. The first-order valence-corrected chi connectivity index (χ1v) is 4.55. The van der Waals surface area contributed by atoms with E-state index in [1.165, 1.54) is 0 Å². The fraction of sp³-hybridized carbons (Fsp3) is 0. The molecule has 12 heavy (non-hydrogen) atoms. The van der Waals surface area contributed by atoms with Gasteiger partial charge in [0.25, 0.3) is 0 Å². The first-order valence-electron chi connectivity index (χ1n) is 3.47. The van der Waals surface area contributed by atoms with Crippen molar-refractivity contribution in [2.45, 2.75) is 0 Å². The normalized spacial score (nSPS) is 10.1. The van der Waals surface area contributed by atoms with E-state index >= 15 is 0 Å². The lowest BCUT2D eigenvalue weighted by Gasteiger charge is -1.94. The number of pyridine rings is 1. The van der Waals surface area contributed by atoms with Crippen molar-refractivity contribution < 1.29 is 0 Å². The van der Waals surface area contributed by atoms with E-state index in [9.17, 15) is 0 Å². The van der Waals surface area contributed by atoms with Crippen LogP contribution in [0, 0.1) is 3.57 Å². The van der Waals surface area contributed by atoms with E-state index < -0.39 is 0 Å². The lowest BCUT2D eigenvalue weighted by atomic mass is 10.2. The van der Waals surface area contributed by atoms with Crippen LogP contribution in [-0.4, -0.2) is 15.2 Å². The van der Waals surface area contributed by atoms with E-state index in [4.69, 9.17) is 0 Å². The molecule has 0 saturated heterocycles. The van der Waals surface area contributed by atoms with Crippen molar-refractivity contribution in [2.75, 3.05) is 0 Å². The molecule has 60 valence electrons. The first-order chi connectivity index (χ1) is 5.88. The molecule has 0 aliphatic heterocycles. The van der Waals surface area contributed by atoms with Gasteiger partial charge in [-0.15, -0.1) is 0 Å². The van der Waals surface area contributed by atoms with Gasteiger partial charge in [0, 0.05) is 24.2 Å². The number of aromatic nitrogens is 3. The molecule has 2 rings (SSSR count). The Kier molecular flexibility index (Phi) is 2.07. The van der Waals surface area contributed by atoms with Crippen LogP contribution in [0.2, 0.25) is 0 Å². The minimum atomic E-state index is 0.962. The maximum Gasteiger partial charge on any atom is 0.107 e. The average Bonchev–Trinajstić information content (AvgIpc) is 2.53. The summed E-state index contributed by atoms with van der Waals surface area (Å²) < 4.78 is 1.11. The summed E-state index contributed by atoms with van der Waals surface area (Å²) in [5.41, 5.74) is 2.01. The number of hydrogen-bond acceptors (Lipinski definition) is 2. The SMILES string of the molecule is Ic1c[nH]nc1-c1cccnc1. The number of nitrogens with zero attached hydrogens (tertiary/aromatic N) is 2. The monoisotopic (exact) mass is 271 g/mol. The van der Waals surface area contributed by atoms with Gasteiger partial charge in [-0.05, 0) is 34.7 Å². The Hall–Kier alpha value is -0.910. The van der Waals surface area contributed by atoms with Gasteiger partial charge in [-0.25, -0.2) is 0 Å². The summed E-state index contributed by atoms with van der Waals surface area (Å²) in [4.78, 5) is 4.02. The summed E-state index contributed by atoms with van der Waals surface area (Å²) in [5.74, 6) is 0. The highest BCUT2D eigenvalue weighted by molar-refractivity contribution is 14.1. The molecular formula is C8H6IN3. The predicted octanol–water partition coefficient (Wildman–Crippen LogP) is 2.08. The number of aromatic amines is 1. The van der Waals surface area contributed by atoms with Gasteiger partial charge >= 0.3 is 0 Å². The van der Waals surface area contributed by atoms with Gasteiger partial charge < -0.3 is 0 Å². The molecule has 0 unspecified atom stereocenters. The number of nitrogens with one attached hydrogen (secondary N) is 1. The Bertz CT molecular complexity index is 369. The van der Waals surface area contributed by atoms with Gasteiger partial charge in [-0.3, -0.25) is 10.1 Å². The van der Waals surface area contributed by atoms with E-state index in [0.29, 0.717) is 0 Å². The Balaban J connectivity index is 2.51. The molecule has 3 nitrogen and oxygen atoms in total. The summed E-state index contributed by atoms with van der Waals surface area (Å²) in [6.07, 6.45) is 5.42. The highest BCUT2D eigenvalue weighted by Gasteiger charge is 2.03. The summed E-state index contributed by atoms with van der Waals surface area (Å²) in [6, 6.07) is 3.89. The summed E-state index contributed by atoms with van der Waals surface area (Å²) in [7, 11) is 0. The Labute approximate surface area is 83.4 Å². The van der Waals surface area contributed by atoms with Crippen LogP contribution in [0.25, 0.3) is 11.3 Å². The minimum absolute atomic E-state index is 0.962. The van der Waals surface area contributed by atoms with Crippen molar-refractivity contribution in [1.82, 2.24) is 15.2 Å². The fourth-order valence-corrected chi connectivity index (χ4v) is 1.55. The highest BCUT2D eigenvalue weighted by atomic mass is 127. The third-order valence-electron chi connectivity index (χ3n) is 1.53. The molecule has 1 N–H and O–H groups in total. The van der Waals surface area contributed by atoms with Gasteiger partial charge in [-0.2, -0.15) is 5.10 Å². The van der Waals surface area contributed by atoms with Gasteiger partial charge in [0.05, 0.1) is 3.57 Å². The average molecular weight is 271 g/mol. The van der Waals surface area contributed by atoms with E-state index in [1.807, 2.05) is 18.3 Å². The van der Waals surface area contributed by atoms with Crippen molar-refractivity contribution in [1.29, 1.82) is 0 Å². The van der Waals surface area contributed by atoms with Crippen LogP contribution in [0.15, 0.2) is 30.7 Å². The molecular weight excluding hydrogens is 265 g/mol. The molecule has 0 aromatic carbocycles. The van der Waals surface area contributed by atoms with Crippen molar-refractivity contribution >= 4 is 22.6 Å². The quantitative estimate of drug-likeness (QED) is 0.807. The van der Waals surface area contributed by atoms with Crippen molar-refractivity contribution in [3.63, 3.8) is 0 Å². The van der Waals surface area contributed by atoms with E-state index in [0.717, 1.165) is 14.8 Å². The van der Waals surface area contributed by atoms with Crippen LogP contribution in [0.4, 0.5) is 0 Å². The molecule has 0 saturated carbocycles. The topological polar surface area (TPSA) is 41.6 Å². The number of rotatable bonds is 1. The van der Waals surface area contributed by atoms with Gasteiger partial charge in [0.2, 0.25) is 0 Å². The predicted molar refractivity (Wildman–Crippen MR) is 54.5 cm³/mol. The number of H-pyrrole nitrogens is 1. The Morgan fingerprint density at radius 1 is 1.42 bits per heavy atom. The zero-order valence-electron chi connectivity index (χ0n) is 6.16. The van der Waals surface area contributed by atoms with Crippen molar-refractivity contribution in [3.05, 3.63) is 34.3 Å². The van der Waals surface area contributed by atoms with E-state index in [1.54, 1.807) is 12.4 Å². The zero-order valence-corrected chi connectivity index (χ0v) is 8.32. The number of halogens is 1. The van der Waals surface area contributed by atoms with E-state index in [-0.39, 0.29) is 0 Å². The van der Waals surface area contributed by atoms with Crippen LogP contribution in [0.5, 0.6) is 0 Å². The van der Waals surface area contributed by atoms with Crippen LogP contribution in [0.1, 0.15) is 0 Å². The van der Waals surface area contributed by atoms with Gasteiger partial charge in [-0.1, -0.05) is 0 Å². The molecule has 0 atom stereocenters. The molecule has 0 amide bonds. The summed E-state index contributed by atoms with van der Waals surface area (Å²) >= 11 is 2.24. The molecule has 0 spiro atoms. The molecule has 2 aromatic heterocycles.